The Morgan fingerprint density at radius 3 is 2.94 bits per heavy atom. The minimum Gasteiger partial charge on any atom is -0.380 e. The zero-order chi connectivity index (χ0) is 12.0. The molecule has 92 valence electrons. The highest BCUT2D eigenvalue weighted by atomic mass is 16.5. The van der Waals surface area contributed by atoms with Gasteiger partial charge in [0, 0.05) is 32.7 Å². The second-order valence-corrected chi connectivity index (χ2v) is 4.26. The van der Waals surface area contributed by atoms with E-state index in [4.69, 9.17) is 10.5 Å². The first-order valence-corrected chi connectivity index (χ1v) is 5.87. The molecule has 0 aliphatic carbocycles. The lowest BCUT2D eigenvalue weighted by molar-refractivity contribution is -0.131. The van der Waals surface area contributed by atoms with Gasteiger partial charge in [-0.15, -0.1) is 0 Å². The summed E-state index contributed by atoms with van der Waals surface area (Å²) >= 11 is 0. The molecule has 0 saturated carbocycles. The fourth-order valence-electron chi connectivity index (χ4n) is 1.75. The summed E-state index contributed by atoms with van der Waals surface area (Å²) in [5, 5.41) is 0. The Balaban J connectivity index is 2.38. The molecule has 1 unspecified atom stereocenters. The molecule has 1 rings (SSSR count). The van der Waals surface area contributed by atoms with Crippen molar-refractivity contribution >= 4 is 5.91 Å². The number of hydrogen-bond acceptors (Lipinski definition) is 3. The molecule has 0 fully saturated rings. The van der Waals surface area contributed by atoms with Gasteiger partial charge in [-0.05, 0) is 18.4 Å². The van der Waals surface area contributed by atoms with E-state index in [0.29, 0.717) is 19.6 Å². The summed E-state index contributed by atoms with van der Waals surface area (Å²) in [7, 11) is 1.69. The fraction of sp³-hybridized carbons (Fsp3) is 0.750. The van der Waals surface area contributed by atoms with Crippen molar-refractivity contribution in [3.05, 3.63) is 11.6 Å². The molecule has 4 nitrogen and oxygen atoms in total. The maximum Gasteiger partial charge on any atom is 0.224 e. The summed E-state index contributed by atoms with van der Waals surface area (Å²) < 4.78 is 5.07. The van der Waals surface area contributed by atoms with Crippen LogP contribution in [0, 0.1) is 0 Å². The van der Waals surface area contributed by atoms with Crippen LogP contribution in [-0.4, -0.2) is 43.7 Å². The second-order valence-electron chi connectivity index (χ2n) is 4.26. The molecule has 1 atom stereocenters. The standard InChI is InChI=1S/C12H22N2O2/c1-3-11(13)8-12(15)14-6-4-10(5-7-14)9-16-2/h4,11H,3,5-9,13H2,1-2H3. The van der Waals surface area contributed by atoms with E-state index in [1.54, 1.807) is 7.11 Å². The molecule has 1 heterocycles. The topological polar surface area (TPSA) is 55.6 Å². The van der Waals surface area contributed by atoms with Crippen LogP contribution in [0.3, 0.4) is 0 Å². The quantitative estimate of drug-likeness (QED) is 0.709. The summed E-state index contributed by atoms with van der Waals surface area (Å²) in [6, 6.07) is -0.00292. The van der Waals surface area contributed by atoms with Gasteiger partial charge in [0.05, 0.1) is 6.61 Å². The Kier molecular flexibility index (Phi) is 5.49. The Hall–Kier alpha value is -0.870. The molecule has 0 aromatic carbocycles. The first-order chi connectivity index (χ1) is 7.67. The number of nitrogens with two attached hydrogens (primary N) is 1. The molecule has 0 bridgehead atoms. The Morgan fingerprint density at radius 1 is 1.69 bits per heavy atom. The molecule has 1 aliphatic rings. The lowest BCUT2D eigenvalue weighted by Crippen LogP contribution is -2.38. The van der Waals surface area contributed by atoms with Crippen molar-refractivity contribution in [2.24, 2.45) is 5.73 Å². The summed E-state index contributed by atoms with van der Waals surface area (Å²) in [4.78, 5) is 13.7. The summed E-state index contributed by atoms with van der Waals surface area (Å²) in [5.74, 6) is 0.169. The molecule has 0 spiro atoms. The van der Waals surface area contributed by atoms with Gasteiger partial charge in [-0.25, -0.2) is 0 Å². The molecule has 16 heavy (non-hydrogen) atoms. The smallest absolute Gasteiger partial charge is 0.224 e. The van der Waals surface area contributed by atoms with Gasteiger partial charge >= 0.3 is 0 Å². The van der Waals surface area contributed by atoms with E-state index in [1.807, 2.05) is 11.8 Å². The van der Waals surface area contributed by atoms with E-state index < -0.39 is 0 Å². The summed E-state index contributed by atoms with van der Waals surface area (Å²) in [5.41, 5.74) is 7.06. The van der Waals surface area contributed by atoms with Crippen LogP contribution in [0.1, 0.15) is 26.2 Å². The highest BCUT2D eigenvalue weighted by molar-refractivity contribution is 5.77. The molecule has 0 aromatic heterocycles. The maximum atomic E-state index is 11.8. The largest absolute Gasteiger partial charge is 0.380 e. The fourth-order valence-corrected chi connectivity index (χ4v) is 1.75. The van der Waals surface area contributed by atoms with Crippen molar-refractivity contribution in [1.29, 1.82) is 0 Å². The van der Waals surface area contributed by atoms with Gasteiger partial charge in [-0.2, -0.15) is 0 Å². The first-order valence-electron chi connectivity index (χ1n) is 5.87. The van der Waals surface area contributed by atoms with E-state index in [1.165, 1.54) is 5.57 Å². The van der Waals surface area contributed by atoms with Crippen molar-refractivity contribution in [2.75, 3.05) is 26.8 Å². The Labute approximate surface area is 97.4 Å². The number of carbonyl (C=O) groups is 1. The third-order valence-electron chi connectivity index (χ3n) is 2.95. The maximum absolute atomic E-state index is 11.8. The van der Waals surface area contributed by atoms with Crippen LogP contribution in [0.4, 0.5) is 0 Å². The third kappa shape index (κ3) is 3.94. The van der Waals surface area contributed by atoms with Crippen LogP contribution in [0.25, 0.3) is 0 Å². The molecular formula is C12H22N2O2. The lowest BCUT2D eigenvalue weighted by atomic mass is 10.1. The SMILES string of the molecule is CCC(N)CC(=O)N1CC=C(COC)CC1. The normalized spacial score (nSPS) is 18.2. The molecule has 0 saturated heterocycles. The van der Waals surface area contributed by atoms with E-state index in [-0.39, 0.29) is 11.9 Å². The van der Waals surface area contributed by atoms with E-state index in [0.717, 1.165) is 19.4 Å². The average molecular weight is 226 g/mol. The van der Waals surface area contributed by atoms with Crippen LogP contribution < -0.4 is 5.73 Å². The summed E-state index contributed by atoms with van der Waals surface area (Å²) in [6.07, 6.45) is 4.32. The Bertz CT molecular complexity index is 264. The molecule has 4 heteroatoms. The van der Waals surface area contributed by atoms with Gasteiger partial charge in [-0.1, -0.05) is 13.0 Å². The van der Waals surface area contributed by atoms with Crippen molar-refractivity contribution in [1.82, 2.24) is 4.90 Å². The van der Waals surface area contributed by atoms with Gasteiger partial charge < -0.3 is 15.4 Å². The van der Waals surface area contributed by atoms with Crippen LogP contribution in [0.15, 0.2) is 11.6 Å². The van der Waals surface area contributed by atoms with Gasteiger partial charge in [-0.3, -0.25) is 4.79 Å². The van der Waals surface area contributed by atoms with E-state index >= 15 is 0 Å². The molecule has 2 N–H and O–H groups in total. The highest BCUT2D eigenvalue weighted by Gasteiger charge is 2.18. The summed E-state index contributed by atoms with van der Waals surface area (Å²) in [6.45, 7) is 4.18. The number of ether oxygens (including phenoxy) is 1. The van der Waals surface area contributed by atoms with Gasteiger partial charge in [0.1, 0.15) is 0 Å². The van der Waals surface area contributed by atoms with Crippen LogP contribution in [0.2, 0.25) is 0 Å². The van der Waals surface area contributed by atoms with Gasteiger partial charge in [0.15, 0.2) is 0 Å². The van der Waals surface area contributed by atoms with Crippen molar-refractivity contribution in [3.8, 4) is 0 Å². The Morgan fingerprint density at radius 2 is 2.44 bits per heavy atom. The van der Waals surface area contributed by atoms with E-state index in [9.17, 15) is 4.79 Å². The molecule has 1 aliphatic heterocycles. The lowest BCUT2D eigenvalue weighted by Gasteiger charge is -2.27. The van der Waals surface area contributed by atoms with Crippen molar-refractivity contribution in [3.63, 3.8) is 0 Å². The number of carbonyl (C=O) groups excluding carboxylic acids is 1. The minimum atomic E-state index is -0.00292. The van der Waals surface area contributed by atoms with Crippen molar-refractivity contribution < 1.29 is 9.53 Å². The second kappa shape index (κ2) is 6.66. The molecule has 0 aromatic rings. The number of nitrogens with zero attached hydrogens (tertiary/aromatic N) is 1. The minimum absolute atomic E-state index is 0.00292. The van der Waals surface area contributed by atoms with E-state index in [2.05, 4.69) is 6.08 Å². The first kappa shape index (κ1) is 13.2. The van der Waals surface area contributed by atoms with Gasteiger partial charge in [0.25, 0.3) is 0 Å². The predicted molar refractivity (Wildman–Crippen MR) is 64.0 cm³/mol. The average Bonchev–Trinajstić information content (AvgIpc) is 2.30. The van der Waals surface area contributed by atoms with Crippen molar-refractivity contribution in [2.45, 2.75) is 32.2 Å². The van der Waals surface area contributed by atoms with Crippen LogP contribution in [-0.2, 0) is 9.53 Å². The zero-order valence-corrected chi connectivity index (χ0v) is 10.2. The van der Waals surface area contributed by atoms with Crippen LogP contribution in [0.5, 0.6) is 0 Å². The number of amides is 1. The number of rotatable bonds is 5. The molecule has 1 amide bonds. The molecule has 0 radical (unpaired) electrons. The zero-order valence-electron chi connectivity index (χ0n) is 10.2. The number of hydrogen-bond donors (Lipinski definition) is 1. The monoisotopic (exact) mass is 226 g/mol. The molecular weight excluding hydrogens is 204 g/mol. The number of methoxy groups -OCH3 is 1. The highest BCUT2D eigenvalue weighted by Crippen LogP contribution is 2.12. The van der Waals surface area contributed by atoms with Gasteiger partial charge in [0.2, 0.25) is 5.91 Å². The van der Waals surface area contributed by atoms with Crippen LogP contribution >= 0.6 is 0 Å². The third-order valence-corrected chi connectivity index (χ3v) is 2.95. The predicted octanol–water partition coefficient (Wildman–Crippen LogP) is 0.919.